The van der Waals surface area contributed by atoms with Gasteiger partial charge in [-0.15, -0.1) is 0 Å². The van der Waals surface area contributed by atoms with Gasteiger partial charge in [0.2, 0.25) is 0 Å². The van der Waals surface area contributed by atoms with Crippen LogP contribution in [0.5, 0.6) is 0 Å². The molecule has 0 aliphatic carbocycles. The molecule has 1 aliphatic rings. The molecule has 1 saturated heterocycles. The fourth-order valence-corrected chi connectivity index (χ4v) is 3.56. The number of carbonyl (C=O) groups excluding carboxylic acids is 5. The Morgan fingerprint density at radius 3 is 2.23 bits per heavy atom. The Bertz CT molecular complexity index is 873. The molecule has 168 valence electrons. The predicted octanol–water partition coefficient (Wildman–Crippen LogP) is 0.612. The molecule has 0 aromatic carbocycles. The van der Waals surface area contributed by atoms with Gasteiger partial charge in [-0.05, 0) is 19.1 Å². The molecule has 0 saturated carbocycles. The van der Waals surface area contributed by atoms with E-state index < -0.39 is 60.4 Å². The number of nitrogens with zero attached hydrogens (tertiary/aromatic N) is 2. The quantitative estimate of drug-likeness (QED) is 0.441. The van der Waals surface area contributed by atoms with Gasteiger partial charge in [0.25, 0.3) is 11.6 Å². The van der Waals surface area contributed by atoms with E-state index in [1.54, 1.807) is 6.92 Å². The van der Waals surface area contributed by atoms with E-state index in [0.717, 1.165) is 32.6 Å². The largest absolute Gasteiger partial charge is 0.462 e. The van der Waals surface area contributed by atoms with Crippen LogP contribution in [0.25, 0.3) is 0 Å². The highest BCUT2D eigenvalue weighted by Gasteiger charge is 2.71. The minimum atomic E-state index is -2.06. The number of hydrogen-bond donors (Lipinski definition) is 0. The maximum absolute atomic E-state index is 13.3. The number of pyridine rings is 1. The number of amides is 1. The lowest BCUT2D eigenvalue weighted by molar-refractivity contribution is -0.318. The highest BCUT2D eigenvalue weighted by atomic mass is 16.7. The van der Waals surface area contributed by atoms with Gasteiger partial charge in [-0.2, -0.15) is 0 Å². The summed E-state index contributed by atoms with van der Waals surface area (Å²) in [6.07, 6.45) is 0.104. The molecular weight excluding hydrogens is 412 g/mol. The molecule has 0 spiro atoms. The highest BCUT2D eigenvalue weighted by molar-refractivity contribution is 5.96. The highest BCUT2D eigenvalue weighted by Crippen LogP contribution is 2.45. The van der Waals surface area contributed by atoms with Crippen LogP contribution in [-0.4, -0.2) is 70.2 Å². The Hall–Kier alpha value is -3.50. The third-order valence-corrected chi connectivity index (χ3v) is 4.56. The first kappa shape index (κ1) is 23.8. The Labute approximate surface area is 178 Å². The van der Waals surface area contributed by atoms with Gasteiger partial charge in [0.05, 0.1) is 11.6 Å². The lowest BCUT2D eigenvalue weighted by Gasteiger charge is -2.61. The molecule has 1 aliphatic heterocycles. The van der Waals surface area contributed by atoms with Crippen molar-refractivity contribution >= 4 is 29.8 Å². The van der Waals surface area contributed by atoms with E-state index in [-0.39, 0.29) is 5.56 Å². The molecule has 0 bridgehead atoms. The SMILES string of the molecule is CC(=O)OC[C@H](OC(C)=O)[C@@]1(OC(C)=O)[C@H](OC(C)=O)[C@@H](C)N1C(=O)c1cccnc1. The first-order valence-corrected chi connectivity index (χ1v) is 9.41. The molecule has 1 amide bonds. The lowest BCUT2D eigenvalue weighted by Crippen LogP contribution is -2.84. The number of carbonyl (C=O) groups is 5. The molecule has 2 rings (SSSR count). The summed E-state index contributed by atoms with van der Waals surface area (Å²) in [6, 6.07) is 2.26. The van der Waals surface area contributed by atoms with E-state index in [2.05, 4.69) is 4.98 Å². The van der Waals surface area contributed by atoms with E-state index >= 15 is 0 Å². The molecule has 0 N–H and O–H groups in total. The van der Waals surface area contributed by atoms with E-state index in [0.29, 0.717) is 0 Å². The van der Waals surface area contributed by atoms with E-state index in [1.807, 2.05) is 0 Å². The Morgan fingerprint density at radius 2 is 1.74 bits per heavy atom. The minimum Gasteiger partial charge on any atom is -0.462 e. The zero-order chi connectivity index (χ0) is 23.3. The smallest absolute Gasteiger partial charge is 0.305 e. The number of rotatable bonds is 7. The monoisotopic (exact) mass is 436 g/mol. The van der Waals surface area contributed by atoms with Crippen molar-refractivity contribution in [3.63, 3.8) is 0 Å². The third-order valence-electron chi connectivity index (χ3n) is 4.56. The molecule has 31 heavy (non-hydrogen) atoms. The van der Waals surface area contributed by atoms with Crippen molar-refractivity contribution in [3.05, 3.63) is 30.1 Å². The first-order valence-electron chi connectivity index (χ1n) is 9.41. The van der Waals surface area contributed by atoms with Crippen LogP contribution >= 0.6 is 0 Å². The van der Waals surface area contributed by atoms with Crippen LogP contribution in [-0.2, 0) is 38.1 Å². The van der Waals surface area contributed by atoms with Crippen LogP contribution in [0, 0.1) is 0 Å². The fraction of sp³-hybridized carbons (Fsp3) is 0.500. The predicted molar refractivity (Wildman–Crippen MR) is 102 cm³/mol. The molecule has 4 atom stereocenters. The first-order chi connectivity index (χ1) is 14.5. The van der Waals surface area contributed by atoms with Gasteiger partial charge in [-0.1, -0.05) is 0 Å². The number of likely N-dealkylation sites (tertiary alicyclic amines) is 1. The maximum atomic E-state index is 13.3. The third kappa shape index (κ3) is 4.98. The molecule has 11 heteroatoms. The van der Waals surface area contributed by atoms with E-state index in [1.165, 1.54) is 24.5 Å². The molecule has 0 radical (unpaired) electrons. The summed E-state index contributed by atoms with van der Waals surface area (Å²) < 4.78 is 21.1. The molecular formula is C20H24N2O9. The maximum Gasteiger partial charge on any atom is 0.305 e. The summed E-state index contributed by atoms with van der Waals surface area (Å²) in [6.45, 7) is 5.47. The summed E-state index contributed by atoms with van der Waals surface area (Å²) in [5.41, 5.74) is -1.91. The standard InChI is InChI=1S/C20H24N2O9/c1-11-18(30-14(4)25)20(31-15(5)26,17(29-13(3)24)10-28-12(2)23)22(11)19(27)16-7-6-8-21-9-16/h6-9,11,17-18H,10H2,1-5H3/t11-,17+,18-,20-/m1/s1. The molecule has 1 aromatic heterocycles. The van der Waals surface area contributed by atoms with Gasteiger partial charge in [0.1, 0.15) is 6.61 Å². The molecule has 2 heterocycles. The van der Waals surface area contributed by atoms with Gasteiger partial charge in [0, 0.05) is 40.1 Å². The van der Waals surface area contributed by atoms with E-state index in [9.17, 15) is 24.0 Å². The fourth-order valence-electron chi connectivity index (χ4n) is 3.56. The average Bonchev–Trinajstić information content (AvgIpc) is 2.68. The van der Waals surface area contributed by atoms with Gasteiger partial charge in [-0.3, -0.25) is 33.9 Å². The van der Waals surface area contributed by atoms with Crippen molar-refractivity contribution in [1.82, 2.24) is 9.88 Å². The van der Waals surface area contributed by atoms with Crippen LogP contribution < -0.4 is 0 Å². The Kier molecular flexibility index (Phi) is 7.32. The minimum absolute atomic E-state index is 0.154. The van der Waals surface area contributed by atoms with Crippen molar-refractivity contribution in [2.45, 2.75) is 58.6 Å². The van der Waals surface area contributed by atoms with Crippen molar-refractivity contribution in [1.29, 1.82) is 0 Å². The van der Waals surface area contributed by atoms with Crippen molar-refractivity contribution in [3.8, 4) is 0 Å². The number of esters is 4. The van der Waals surface area contributed by atoms with Crippen LogP contribution in [0.3, 0.4) is 0 Å². The van der Waals surface area contributed by atoms with Crippen molar-refractivity contribution in [2.75, 3.05) is 6.61 Å². The van der Waals surface area contributed by atoms with Gasteiger partial charge in [0.15, 0.2) is 12.2 Å². The normalized spacial score (nSPS) is 23.1. The molecule has 11 nitrogen and oxygen atoms in total. The second-order valence-corrected chi connectivity index (χ2v) is 6.93. The summed E-state index contributed by atoms with van der Waals surface area (Å²) in [5.74, 6) is -3.66. The molecule has 0 unspecified atom stereocenters. The van der Waals surface area contributed by atoms with Crippen molar-refractivity contribution in [2.24, 2.45) is 0 Å². The zero-order valence-corrected chi connectivity index (χ0v) is 17.8. The number of hydrogen-bond acceptors (Lipinski definition) is 10. The topological polar surface area (TPSA) is 138 Å². The second-order valence-electron chi connectivity index (χ2n) is 6.93. The second kappa shape index (κ2) is 9.54. The van der Waals surface area contributed by atoms with Crippen LogP contribution in [0.15, 0.2) is 24.5 Å². The Balaban J connectivity index is 2.63. The summed E-state index contributed by atoms with van der Waals surface area (Å²) in [4.78, 5) is 65.4. The lowest BCUT2D eigenvalue weighted by atomic mass is 9.80. The zero-order valence-electron chi connectivity index (χ0n) is 17.8. The van der Waals surface area contributed by atoms with Crippen LogP contribution in [0.1, 0.15) is 45.0 Å². The van der Waals surface area contributed by atoms with Gasteiger partial charge in [-0.25, -0.2) is 0 Å². The summed E-state index contributed by atoms with van der Waals surface area (Å²) in [5, 5.41) is 0. The number of ether oxygens (including phenoxy) is 4. The van der Waals surface area contributed by atoms with E-state index in [4.69, 9.17) is 18.9 Å². The molecule has 1 fully saturated rings. The van der Waals surface area contributed by atoms with Crippen molar-refractivity contribution < 1.29 is 42.9 Å². The van der Waals surface area contributed by atoms with Gasteiger partial charge >= 0.3 is 23.9 Å². The van der Waals surface area contributed by atoms with Gasteiger partial charge < -0.3 is 18.9 Å². The Morgan fingerprint density at radius 1 is 1.06 bits per heavy atom. The van der Waals surface area contributed by atoms with Crippen LogP contribution in [0.2, 0.25) is 0 Å². The molecule has 1 aromatic rings. The number of aromatic nitrogens is 1. The van der Waals surface area contributed by atoms with Crippen LogP contribution in [0.4, 0.5) is 0 Å². The summed E-state index contributed by atoms with van der Waals surface area (Å²) >= 11 is 0. The summed E-state index contributed by atoms with van der Waals surface area (Å²) in [7, 11) is 0. The average molecular weight is 436 g/mol.